The van der Waals surface area contributed by atoms with E-state index in [0.29, 0.717) is 11.3 Å². The molecule has 30 heavy (non-hydrogen) atoms. The average Bonchev–Trinajstić information content (AvgIpc) is 3.18. The number of hydrogen-bond acceptors (Lipinski definition) is 6. The van der Waals surface area contributed by atoms with Crippen molar-refractivity contribution in [3.63, 3.8) is 0 Å². The Labute approximate surface area is 177 Å². The van der Waals surface area contributed by atoms with Crippen molar-refractivity contribution in [2.45, 2.75) is 13.5 Å². The van der Waals surface area contributed by atoms with E-state index in [-0.39, 0.29) is 24.6 Å². The van der Waals surface area contributed by atoms with Gasteiger partial charge in [-0.3, -0.25) is 14.6 Å². The molecule has 0 aliphatic rings. The van der Waals surface area contributed by atoms with Gasteiger partial charge in [-0.15, -0.1) is 11.3 Å². The number of carbonyl (C=O) groups excluding carboxylic acids is 1. The third-order valence-corrected chi connectivity index (χ3v) is 5.70. The molecule has 0 bridgehead atoms. The molecule has 0 spiro atoms. The van der Waals surface area contributed by atoms with Gasteiger partial charge in [-0.1, -0.05) is 30.3 Å². The van der Waals surface area contributed by atoms with Crippen molar-refractivity contribution >= 4 is 17.2 Å². The summed E-state index contributed by atoms with van der Waals surface area (Å²) in [6.07, 6.45) is 3.12. The molecule has 0 radical (unpaired) electrons. The van der Waals surface area contributed by atoms with E-state index in [1.54, 1.807) is 41.9 Å². The third kappa shape index (κ3) is 4.33. The van der Waals surface area contributed by atoms with Crippen LogP contribution in [0.15, 0.2) is 71.8 Å². The zero-order valence-electron chi connectivity index (χ0n) is 16.3. The molecule has 1 N–H and O–H groups in total. The fourth-order valence-corrected chi connectivity index (χ4v) is 3.99. The molecule has 0 atom stereocenters. The van der Waals surface area contributed by atoms with E-state index in [4.69, 9.17) is 0 Å². The maximum atomic E-state index is 12.2. The number of aryl methyl sites for hydroxylation is 1. The van der Waals surface area contributed by atoms with Crippen molar-refractivity contribution < 1.29 is 4.79 Å². The maximum absolute atomic E-state index is 12.2. The van der Waals surface area contributed by atoms with Crippen LogP contribution < -0.4 is 10.9 Å². The third-order valence-electron chi connectivity index (χ3n) is 4.47. The van der Waals surface area contributed by atoms with Crippen molar-refractivity contribution in [2.24, 2.45) is 0 Å². The molecule has 7 nitrogen and oxygen atoms in total. The Morgan fingerprint density at radius 2 is 1.83 bits per heavy atom. The molecule has 0 aliphatic heterocycles. The summed E-state index contributed by atoms with van der Waals surface area (Å²) in [5.74, 6) is -0.215. The number of benzene rings is 1. The van der Waals surface area contributed by atoms with Gasteiger partial charge in [-0.05, 0) is 25.1 Å². The number of thiazole rings is 1. The highest BCUT2D eigenvalue weighted by Crippen LogP contribution is 2.33. The van der Waals surface area contributed by atoms with Crippen molar-refractivity contribution in [1.82, 2.24) is 25.1 Å². The van der Waals surface area contributed by atoms with Gasteiger partial charge < -0.3 is 5.32 Å². The number of aromatic nitrogens is 4. The van der Waals surface area contributed by atoms with Crippen LogP contribution in [0.25, 0.3) is 21.1 Å². The van der Waals surface area contributed by atoms with Crippen LogP contribution in [0.4, 0.5) is 0 Å². The quantitative estimate of drug-likeness (QED) is 0.520. The molecule has 3 aromatic heterocycles. The molecule has 8 heteroatoms. The Bertz CT molecular complexity index is 1220. The first kappa shape index (κ1) is 19.7. The number of pyridine rings is 1. The monoisotopic (exact) mass is 417 g/mol. The largest absolute Gasteiger partial charge is 0.350 e. The summed E-state index contributed by atoms with van der Waals surface area (Å²) in [6.45, 7) is 2.49. The van der Waals surface area contributed by atoms with E-state index in [9.17, 15) is 9.59 Å². The van der Waals surface area contributed by atoms with E-state index in [0.717, 1.165) is 21.1 Å². The number of hydrogen-bond donors (Lipinski definition) is 1. The van der Waals surface area contributed by atoms with Gasteiger partial charge in [0.25, 0.3) is 11.5 Å². The molecule has 0 aliphatic carbocycles. The lowest BCUT2D eigenvalue weighted by molar-refractivity contribution is 0.0951. The molecule has 1 amide bonds. The summed E-state index contributed by atoms with van der Waals surface area (Å²) in [6, 6.07) is 16.4. The van der Waals surface area contributed by atoms with Crippen LogP contribution in [-0.2, 0) is 6.54 Å². The van der Waals surface area contributed by atoms with Crippen molar-refractivity contribution in [3.8, 4) is 21.1 Å². The summed E-state index contributed by atoms with van der Waals surface area (Å²) in [4.78, 5) is 33.8. The van der Waals surface area contributed by atoms with Crippen LogP contribution in [0.5, 0.6) is 0 Å². The summed E-state index contributed by atoms with van der Waals surface area (Å²) in [5.41, 5.74) is 2.90. The minimum Gasteiger partial charge on any atom is -0.350 e. The Morgan fingerprint density at radius 3 is 2.60 bits per heavy atom. The second kappa shape index (κ2) is 8.79. The van der Waals surface area contributed by atoms with Gasteiger partial charge >= 0.3 is 0 Å². The highest BCUT2D eigenvalue weighted by atomic mass is 32.1. The first-order chi connectivity index (χ1) is 14.6. The maximum Gasteiger partial charge on any atom is 0.266 e. The molecular formula is C22H19N5O2S. The normalized spacial score (nSPS) is 10.7. The lowest BCUT2D eigenvalue weighted by Crippen LogP contribution is -2.31. The van der Waals surface area contributed by atoms with Gasteiger partial charge in [0.15, 0.2) is 0 Å². The van der Waals surface area contributed by atoms with Crippen LogP contribution in [0.1, 0.15) is 16.1 Å². The molecule has 150 valence electrons. The van der Waals surface area contributed by atoms with Crippen molar-refractivity contribution in [1.29, 1.82) is 0 Å². The molecule has 1 aromatic carbocycles. The first-order valence-corrected chi connectivity index (χ1v) is 10.2. The standard InChI is InChI=1S/C22H19N5O2S/c1-15-20(30-22(25-15)17-5-3-2-4-6-17)18-7-8-19(28)27(26-18)14-13-24-21(29)16-9-11-23-12-10-16/h2-12H,13-14H2,1H3,(H,24,29). The van der Waals surface area contributed by atoms with E-state index in [1.165, 1.54) is 10.7 Å². The number of carbonyl (C=O) groups is 1. The van der Waals surface area contributed by atoms with E-state index >= 15 is 0 Å². The molecule has 0 fully saturated rings. The Morgan fingerprint density at radius 1 is 1.07 bits per heavy atom. The van der Waals surface area contributed by atoms with E-state index < -0.39 is 0 Å². The van der Waals surface area contributed by atoms with E-state index in [1.807, 2.05) is 37.3 Å². The minimum atomic E-state index is -0.220. The molecule has 0 saturated carbocycles. The van der Waals surface area contributed by atoms with Crippen LogP contribution in [0.2, 0.25) is 0 Å². The highest BCUT2D eigenvalue weighted by molar-refractivity contribution is 7.18. The van der Waals surface area contributed by atoms with Gasteiger partial charge in [-0.2, -0.15) is 5.10 Å². The first-order valence-electron chi connectivity index (χ1n) is 9.41. The zero-order valence-corrected chi connectivity index (χ0v) is 17.1. The van der Waals surface area contributed by atoms with Crippen LogP contribution in [-0.4, -0.2) is 32.2 Å². The predicted octanol–water partition coefficient (Wildman–Crippen LogP) is 3.17. The molecule has 0 saturated heterocycles. The van der Waals surface area contributed by atoms with Crippen LogP contribution >= 0.6 is 11.3 Å². The molecular weight excluding hydrogens is 398 g/mol. The lowest BCUT2D eigenvalue weighted by atomic mass is 10.2. The topological polar surface area (TPSA) is 89.8 Å². The molecule has 4 rings (SSSR count). The second-order valence-electron chi connectivity index (χ2n) is 6.57. The smallest absolute Gasteiger partial charge is 0.266 e. The Balaban J connectivity index is 1.50. The Hall–Kier alpha value is -3.65. The number of nitrogens with zero attached hydrogens (tertiary/aromatic N) is 4. The van der Waals surface area contributed by atoms with Crippen molar-refractivity contribution in [2.75, 3.05) is 6.54 Å². The summed E-state index contributed by atoms with van der Waals surface area (Å²) in [5, 5.41) is 8.20. The molecule has 3 heterocycles. The highest BCUT2D eigenvalue weighted by Gasteiger charge is 2.14. The lowest BCUT2D eigenvalue weighted by Gasteiger charge is -2.08. The average molecular weight is 417 g/mol. The summed E-state index contributed by atoms with van der Waals surface area (Å²) in [7, 11) is 0. The van der Waals surface area contributed by atoms with Gasteiger partial charge in [0.2, 0.25) is 0 Å². The zero-order chi connectivity index (χ0) is 20.9. The van der Waals surface area contributed by atoms with Crippen molar-refractivity contribution in [3.05, 3.63) is 88.6 Å². The SMILES string of the molecule is Cc1nc(-c2ccccc2)sc1-c1ccc(=O)n(CCNC(=O)c2ccncc2)n1. The van der Waals surface area contributed by atoms with Gasteiger partial charge in [-0.25, -0.2) is 9.67 Å². The van der Waals surface area contributed by atoms with Gasteiger partial charge in [0.05, 0.1) is 17.1 Å². The summed E-state index contributed by atoms with van der Waals surface area (Å²) >= 11 is 1.54. The van der Waals surface area contributed by atoms with Gasteiger partial charge in [0.1, 0.15) is 10.7 Å². The fourth-order valence-electron chi connectivity index (χ4n) is 2.95. The van der Waals surface area contributed by atoms with Gasteiger partial charge in [0, 0.05) is 36.1 Å². The second-order valence-corrected chi connectivity index (χ2v) is 7.57. The number of amides is 1. The van der Waals surface area contributed by atoms with Crippen LogP contribution in [0.3, 0.4) is 0 Å². The molecule has 0 unspecified atom stereocenters. The summed E-state index contributed by atoms with van der Waals surface area (Å²) < 4.78 is 1.36. The minimum absolute atomic E-state index is 0.215. The predicted molar refractivity (Wildman–Crippen MR) is 116 cm³/mol. The number of nitrogens with one attached hydrogen (secondary N) is 1. The Kier molecular flexibility index (Phi) is 5.76. The number of rotatable bonds is 6. The fraction of sp³-hybridized carbons (Fsp3) is 0.136. The van der Waals surface area contributed by atoms with Crippen LogP contribution in [0, 0.1) is 6.92 Å². The molecule has 4 aromatic rings. The van der Waals surface area contributed by atoms with E-state index in [2.05, 4.69) is 20.4 Å².